The molecule has 1 aromatic carbocycles. The first-order valence-electron chi connectivity index (χ1n) is 7.73. The van der Waals surface area contributed by atoms with Gasteiger partial charge in [-0.3, -0.25) is 9.59 Å². The molecule has 7 heteroatoms. The molecule has 126 valence electrons. The highest BCUT2D eigenvalue weighted by Gasteiger charge is 2.14. The van der Waals surface area contributed by atoms with Gasteiger partial charge in [0.2, 0.25) is 0 Å². The Labute approximate surface area is 143 Å². The van der Waals surface area contributed by atoms with Gasteiger partial charge in [0.25, 0.3) is 11.8 Å². The Morgan fingerprint density at radius 3 is 2.50 bits per heavy atom. The van der Waals surface area contributed by atoms with Crippen LogP contribution in [-0.4, -0.2) is 38.1 Å². The second-order valence-electron chi connectivity index (χ2n) is 5.20. The molecule has 0 atom stereocenters. The molecule has 1 aliphatic rings. The van der Waals surface area contributed by atoms with Crippen LogP contribution in [0.3, 0.4) is 0 Å². The molecule has 0 spiro atoms. The first-order chi connectivity index (χ1) is 11.7. The van der Waals surface area contributed by atoms with Crippen molar-refractivity contribution in [1.82, 2.24) is 10.6 Å². The Bertz CT molecular complexity index is 715. The van der Waals surface area contributed by atoms with E-state index >= 15 is 0 Å². The van der Waals surface area contributed by atoms with Crippen LogP contribution in [0.2, 0.25) is 0 Å². The molecule has 1 aliphatic heterocycles. The molecule has 2 N–H and O–H groups in total. The van der Waals surface area contributed by atoms with Crippen molar-refractivity contribution in [3.63, 3.8) is 0 Å². The average Bonchev–Trinajstić information content (AvgIpc) is 3.15. The number of hydrogen-bond acceptors (Lipinski definition) is 5. The maximum absolute atomic E-state index is 12.1. The minimum absolute atomic E-state index is 0.0804. The standard InChI is InChI=1S/C17H18N2O4S/c20-16(12-4-5-13-14(11-12)23-9-8-22-13)18-6-2-7-19-17(21)15-3-1-10-24-15/h1,3-5,10-11H,2,6-9H2,(H,18,20)(H,19,21). The number of amides is 2. The number of benzene rings is 1. The summed E-state index contributed by atoms with van der Waals surface area (Å²) >= 11 is 1.40. The first kappa shape index (κ1) is 16.3. The first-order valence-corrected chi connectivity index (χ1v) is 8.61. The van der Waals surface area contributed by atoms with Gasteiger partial charge >= 0.3 is 0 Å². The van der Waals surface area contributed by atoms with Crippen molar-refractivity contribution in [3.05, 3.63) is 46.2 Å². The zero-order valence-corrected chi connectivity index (χ0v) is 13.9. The molecule has 0 bridgehead atoms. The molecule has 6 nitrogen and oxygen atoms in total. The predicted molar refractivity (Wildman–Crippen MR) is 91.0 cm³/mol. The van der Waals surface area contributed by atoms with E-state index in [-0.39, 0.29) is 11.8 Å². The summed E-state index contributed by atoms with van der Waals surface area (Å²) < 4.78 is 10.9. The molecule has 0 aliphatic carbocycles. The minimum atomic E-state index is -0.170. The van der Waals surface area contributed by atoms with E-state index in [1.807, 2.05) is 11.4 Å². The number of nitrogens with one attached hydrogen (secondary N) is 2. The van der Waals surface area contributed by atoms with Gasteiger partial charge in [-0.25, -0.2) is 0 Å². The number of fused-ring (bicyclic) bond motifs is 1. The molecule has 24 heavy (non-hydrogen) atoms. The normalized spacial score (nSPS) is 12.5. The van der Waals surface area contributed by atoms with Crippen LogP contribution in [0.15, 0.2) is 35.7 Å². The summed E-state index contributed by atoms with van der Waals surface area (Å²) in [5.74, 6) is 1.01. The van der Waals surface area contributed by atoms with Gasteiger partial charge in [-0.2, -0.15) is 0 Å². The van der Waals surface area contributed by atoms with Crippen LogP contribution >= 0.6 is 11.3 Å². The van der Waals surface area contributed by atoms with Crippen LogP contribution < -0.4 is 20.1 Å². The zero-order chi connectivity index (χ0) is 16.8. The summed E-state index contributed by atoms with van der Waals surface area (Å²) in [6.07, 6.45) is 0.660. The Hall–Kier alpha value is -2.54. The number of rotatable bonds is 6. The molecule has 0 saturated carbocycles. The molecule has 2 amide bonds. The van der Waals surface area contributed by atoms with Crippen molar-refractivity contribution in [3.8, 4) is 11.5 Å². The lowest BCUT2D eigenvalue weighted by Crippen LogP contribution is -2.29. The highest BCUT2D eigenvalue weighted by atomic mass is 32.1. The van der Waals surface area contributed by atoms with Gasteiger partial charge in [-0.15, -0.1) is 11.3 Å². The minimum Gasteiger partial charge on any atom is -0.486 e. The van der Waals surface area contributed by atoms with Gasteiger partial charge in [0.15, 0.2) is 11.5 Å². The van der Waals surface area contributed by atoms with E-state index < -0.39 is 0 Å². The third-order valence-electron chi connectivity index (χ3n) is 3.47. The highest BCUT2D eigenvalue weighted by molar-refractivity contribution is 7.12. The summed E-state index contributed by atoms with van der Waals surface area (Å²) in [6, 6.07) is 8.76. The van der Waals surface area contributed by atoms with E-state index in [1.165, 1.54) is 11.3 Å². The van der Waals surface area contributed by atoms with Gasteiger partial charge in [0.1, 0.15) is 13.2 Å². The topological polar surface area (TPSA) is 76.7 Å². The molecule has 1 aromatic heterocycles. The van der Waals surface area contributed by atoms with Gasteiger partial charge in [-0.1, -0.05) is 6.07 Å². The Morgan fingerprint density at radius 1 is 1.00 bits per heavy atom. The number of thiophene rings is 1. The third-order valence-corrected chi connectivity index (χ3v) is 4.34. The van der Waals surface area contributed by atoms with Gasteiger partial charge in [0, 0.05) is 18.7 Å². The molecule has 3 rings (SSSR count). The van der Waals surface area contributed by atoms with Crippen molar-refractivity contribution < 1.29 is 19.1 Å². The molecule has 2 aromatic rings. The van der Waals surface area contributed by atoms with Gasteiger partial charge < -0.3 is 20.1 Å². The smallest absolute Gasteiger partial charge is 0.261 e. The Kier molecular flexibility index (Phi) is 5.32. The molecular formula is C17H18N2O4S. The fourth-order valence-electron chi connectivity index (χ4n) is 2.27. The molecule has 0 unspecified atom stereocenters. The van der Waals surface area contributed by atoms with Crippen molar-refractivity contribution in [2.75, 3.05) is 26.3 Å². The van der Waals surface area contributed by atoms with Crippen molar-refractivity contribution in [2.24, 2.45) is 0 Å². The fourth-order valence-corrected chi connectivity index (χ4v) is 2.91. The van der Waals surface area contributed by atoms with E-state index in [1.54, 1.807) is 24.3 Å². The highest BCUT2D eigenvalue weighted by Crippen LogP contribution is 2.30. The molecular weight excluding hydrogens is 328 g/mol. The van der Waals surface area contributed by atoms with Crippen LogP contribution in [0.1, 0.15) is 26.5 Å². The maximum Gasteiger partial charge on any atom is 0.261 e. The van der Waals surface area contributed by atoms with E-state index in [2.05, 4.69) is 10.6 Å². The SMILES string of the molecule is O=C(NCCCNC(=O)c1cccs1)c1ccc2c(c1)OCCO2. The van der Waals surface area contributed by atoms with Crippen LogP contribution in [0.5, 0.6) is 11.5 Å². The molecule has 0 saturated heterocycles. The second-order valence-corrected chi connectivity index (χ2v) is 6.15. The fraction of sp³-hybridized carbons (Fsp3) is 0.294. The van der Waals surface area contributed by atoms with E-state index in [0.717, 1.165) is 0 Å². The summed E-state index contributed by atoms with van der Waals surface area (Å²) in [5, 5.41) is 7.52. The van der Waals surface area contributed by atoms with E-state index in [4.69, 9.17) is 9.47 Å². The Balaban J connectivity index is 1.40. The number of carbonyl (C=O) groups excluding carboxylic acids is 2. The maximum atomic E-state index is 12.1. The Morgan fingerprint density at radius 2 is 1.75 bits per heavy atom. The number of hydrogen-bond donors (Lipinski definition) is 2. The van der Waals surface area contributed by atoms with Crippen LogP contribution in [0.4, 0.5) is 0 Å². The van der Waals surface area contributed by atoms with E-state index in [9.17, 15) is 9.59 Å². The lowest BCUT2D eigenvalue weighted by Gasteiger charge is -2.18. The molecule has 0 radical (unpaired) electrons. The number of ether oxygens (including phenoxy) is 2. The quantitative estimate of drug-likeness (QED) is 0.785. The summed E-state index contributed by atoms with van der Waals surface area (Å²) in [5.41, 5.74) is 0.530. The van der Waals surface area contributed by atoms with Gasteiger partial charge in [0.05, 0.1) is 4.88 Å². The second kappa shape index (κ2) is 7.83. The summed E-state index contributed by atoms with van der Waals surface area (Å²) in [6.45, 7) is 2.01. The van der Waals surface area contributed by atoms with Gasteiger partial charge in [-0.05, 0) is 36.1 Å². The van der Waals surface area contributed by atoms with Crippen LogP contribution in [0, 0.1) is 0 Å². The largest absolute Gasteiger partial charge is 0.486 e. The summed E-state index contributed by atoms with van der Waals surface area (Å²) in [7, 11) is 0. The lowest BCUT2D eigenvalue weighted by atomic mass is 10.2. The predicted octanol–water partition coefficient (Wildman–Crippen LogP) is 2.07. The summed E-state index contributed by atoms with van der Waals surface area (Å²) in [4.78, 5) is 24.6. The van der Waals surface area contributed by atoms with Crippen LogP contribution in [-0.2, 0) is 0 Å². The van der Waals surface area contributed by atoms with Crippen LogP contribution in [0.25, 0.3) is 0 Å². The van der Waals surface area contributed by atoms with Crippen molar-refractivity contribution in [1.29, 1.82) is 0 Å². The number of carbonyl (C=O) groups is 2. The van der Waals surface area contributed by atoms with Crippen molar-refractivity contribution in [2.45, 2.75) is 6.42 Å². The monoisotopic (exact) mass is 346 g/mol. The van der Waals surface area contributed by atoms with E-state index in [0.29, 0.717) is 54.7 Å². The zero-order valence-electron chi connectivity index (χ0n) is 13.0. The molecule has 2 heterocycles. The lowest BCUT2D eigenvalue weighted by molar-refractivity contribution is 0.0951. The average molecular weight is 346 g/mol. The molecule has 0 fully saturated rings. The van der Waals surface area contributed by atoms with Crippen molar-refractivity contribution >= 4 is 23.2 Å². The third kappa shape index (κ3) is 4.05.